The first-order valence-corrected chi connectivity index (χ1v) is 7.56. The summed E-state index contributed by atoms with van der Waals surface area (Å²) >= 11 is 0. The number of hydrogen-bond donors (Lipinski definition) is 0. The van der Waals surface area contributed by atoms with E-state index in [9.17, 15) is 4.79 Å². The lowest BCUT2D eigenvalue weighted by molar-refractivity contribution is -0.116. The molecule has 1 aliphatic heterocycles. The van der Waals surface area contributed by atoms with Gasteiger partial charge in [-0.2, -0.15) is 0 Å². The third-order valence-corrected chi connectivity index (χ3v) is 4.02. The fourth-order valence-electron chi connectivity index (χ4n) is 2.81. The van der Waals surface area contributed by atoms with E-state index in [4.69, 9.17) is 4.74 Å². The summed E-state index contributed by atoms with van der Waals surface area (Å²) in [5.74, 6) is 1.09. The summed E-state index contributed by atoms with van der Waals surface area (Å²) in [6, 6.07) is 8.54. The Morgan fingerprint density at radius 2 is 2.05 bits per heavy atom. The molecule has 0 radical (unpaired) electrons. The van der Waals surface area contributed by atoms with Gasteiger partial charge in [0.1, 0.15) is 11.5 Å². The predicted molar refractivity (Wildman–Crippen MR) is 81.2 cm³/mol. The standard InChI is InChI=1S/C17H25NO2/c1-14(19)13-15-6-8-17(9-7-15)20-12-10-16-5-3-4-11-18(16)2/h6-9,16H,3-5,10-13H2,1-2H3. The van der Waals surface area contributed by atoms with Gasteiger partial charge in [-0.15, -0.1) is 0 Å². The van der Waals surface area contributed by atoms with Gasteiger partial charge in [-0.25, -0.2) is 0 Å². The van der Waals surface area contributed by atoms with Gasteiger partial charge in [0, 0.05) is 12.5 Å². The minimum atomic E-state index is 0.194. The van der Waals surface area contributed by atoms with Crippen molar-refractivity contribution >= 4 is 5.78 Å². The number of rotatable bonds is 6. The summed E-state index contributed by atoms with van der Waals surface area (Å²) in [6.45, 7) is 3.59. The minimum absolute atomic E-state index is 0.194. The van der Waals surface area contributed by atoms with Crippen molar-refractivity contribution in [3.8, 4) is 5.75 Å². The third-order valence-electron chi connectivity index (χ3n) is 4.02. The van der Waals surface area contributed by atoms with Crippen LogP contribution in [0.2, 0.25) is 0 Å². The van der Waals surface area contributed by atoms with Gasteiger partial charge in [0.05, 0.1) is 6.61 Å². The zero-order valence-electron chi connectivity index (χ0n) is 12.6. The van der Waals surface area contributed by atoms with E-state index in [1.54, 1.807) is 6.92 Å². The molecule has 1 aromatic rings. The normalized spacial score (nSPS) is 19.8. The summed E-state index contributed by atoms with van der Waals surface area (Å²) in [5, 5.41) is 0. The first kappa shape index (κ1) is 15.0. The van der Waals surface area contributed by atoms with Crippen LogP contribution in [0.5, 0.6) is 5.75 Å². The number of Topliss-reactive ketones (excluding diaryl/α,β-unsaturated/α-hetero) is 1. The molecule has 0 saturated carbocycles. The predicted octanol–water partition coefficient (Wildman–Crippen LogP) is 3.07. The fourth-order valence-corrected chi connectivity index (χ4v) is 2.81. The first-order valence-electron chi connectivity index (χ1n) is 7.56. The van der Waals surface area contributed by atoms with Crippen molar-refractivity contribution in [1.82, 2.24) is 4.90 Å². The molecule has 0 spiro atoms. The Kier molecular flexibility index (Phi) is 5.60. The SMILES string of the molecule is CC(=O)Cc1ccc(OCCC2CCCCN2C)cc1. The van der Waals surface area contributed by atoms with Gasteiger partial charge in [-0.1, -0.05) is 18.6 Å². The highest BCUT2D eigenvalue weighted by Crippen LogP contribution is 2.19. The first-order chi connectivity index (χ1) is 9.65. The number of nitrogens with zero attached hydrogens (tertiary/aromatic N) is 1. The van der Waals surface area contributed by atoms with Crippen molar-refractivity contribution in [2.24, 2.45) is 0 Å². The molecular weight excluding hydrogens is 250 g/mol. The summed E-state index contributed by atoms with van der Waals surface area (Å²) in [5.41, 5.74) is 1.05. The van der Waals surface area contributed by atoms with E-state index in [-0.39, 0.29) is 5.78 Å². The summed E-state index contributed by atoms with van der Waals surface area (Å²) in [7, 11) is 2.21. The maximum atomic E-state index is 11.0. The molecule has 110 valence electrons. The van der Waals surface area contributed by atoms with Crippen molar-refractivity contribution in [1.29, 1.82) is 0 Å². The van der Waals surface area contributed by atoms with Gasteiger partial charge >= 0.3 is 0 Å². The Balaban J connectivity index is 1.74. The lowest BCUT2D eigenvalue weighted by Gasteiger charge is -2.32. The Bertz CT molecular complexity index is 427. The van der Waals surface area contributed by atoms with Crippen LogP contribution in [0.3, 0.4) is 0 Å². The number of piperidine rings is 1. The Labute approximate surface area is 121 Å². The number of likely N-dealkylation sites (tertiary alicyclic amines) is 1. The van der Waals surface area contributed by atoms with Crippen molar-refractivity contribution in [2.45, 2.75) is 45.1 Å². The highest BCUT2D eigenvalue weighted by atomic mass is 16.5. The van der Waals surface area contributed by atoms with Crippen LogP contribution in [-0.4, -0.2) is 36.9 Å². The lowest BCUT2D eigenvalue weighted by atomic mass is 10.0. The van der Waals surface area contributed by atoms with Gasteiger partial charge in [0.15, 0.2) is 0 Å². The van der Waals surface area contributed by atoms with Crippen LogP contribution in [0.25, 0.3) is 0 Å². The Hall–Kier alpha value is -1.35. The van der Waals surface area contributed by atoms with E-state index in [1.165, 1.54) is 25.8 Å². The molecule has 1 heterocycles. The number of benzene rings is 1. The molecule has 1 saturated heterocycles. The van der Waals surface area contributed by atoms with Crippen molar-refractivity contribution in [2.75, 3.05) is 20.2 Å². The molecule has 1 fully saturated rings. The van der Waals surface area contributed by atoms with Gasteiger partial charge in [-0.05, 0) is 57.5 Å². The van der Waals surface area contributed by atoms with Crippen LogP contribution in [0.15, 0.2) is 24.3 Å². The maximum Gasteiger partial charge on any atom is 0.134 e. The second-order valence-electron chi connectivity index (χ2n) is 5.79. The molecule has 0 N–H and O–H groups in total. The largest absolute Gasteiger partial charge is 0.494 e. The van der Waals surface area contributed by atoms with Gasteiger partial charge in [0.25, 0.3) is 0 Å². The van der Waals surface area contributed by atoms with Crippen molar-refractivity contribution in [3.63, 3.8) is 0 Å². The summed E-state index contributed by atoms with van der Waals surface area (Å²) in [6.07, 6.45) is 5.55. The van der Waals surface area contributed by atoms with E-state index in [2.05, 4.69) is 11.9 Å². The number of ether oxygens (including phenoxy) is 1. The fraction of sp³-hybridized carbons (Fsp3) is 0.588. The quantitative estimate of drug-likeness (QED) is 0.799. The van der Waals surface area contributed by atoms with E-state index < -0.39 is 0 Å². The van der Waals surface area contributed by atoms with Crippen LogP contribution in [-0.2, 0) is 11.2 Å². The zero-order chi connectivity index (χ0) is 14.4. The molecule has 2 rings (SSSR count). The van der Waals surface area contributed by atoms with E-state index in [0.717, 1.165) is 24.3 Å². The summed E-state index contributed by atoms with van der Waals surface area (Å²) in [4.78, 5) is 13.5. The van der Waals surface area contributed by atoms with E-state index >= 15 is 0 Å². The van der Waals surface area contributed by atoms with Gasteiger partial charge in [0.2, 0.25) is 0 Å². The molecule has 3 heteroatoms. The average molecular weight is 275 g/mol. The monoisotopic (exact) mass is 275 g/mol. The van der Waals surface area contributed by atoms with Crippen LogP contribution in [0.4, 0.5) is 0 Å². The molecule has 20 heavy (non-hydrogen) atoms. The summed E-state index contributed by atoms with van der Waals surface area (Å²) < 4.78 is 5.81. The van der Waals surface area contributed by atoms with Crippen LogP contribution in [0, 0.1) is 0 Å². The molecule has 1 unspecified atom stereocenters. The minimum Gasteiger partial charge on any atom is -0.494 e. The zero-order valence-corrected chi connectivity index (χ0v) is 12.6. The molecule has 1 atom stereocenters. The van der Waals surface area contributed by atoms with Crippen molar-refractivity contribution < 1.29 is 9.53 Å². The van der Waals surface area contributed by atoms with Crippen LogP contribution < -0.4 is 4.74 Å². The highest BCUT2D eigenvalue weighted by Gasteiger charge is 2.18. The molecule has 0 aliphatic carbocycles. The number of ketones is 1. The van der Waals surface area contributed by atoms with Crippen LogP contribution >= 0.6 is 0 Å². The molecule has 0 bridgehead atoms. The molecule has 0 aromatic heterocycles. The number of carbonyl (C=O) groups is 1. The smallest absolute Gasteiger partial charge is 0.134 e. The molecule has 1 aromatic carbocycles. The van der Waals surface area contributed by atoms with E-state index in [0.29, 0.717) is 12.5 Å². The van der Waals surface area contributed by atoms with E-state index in [1.807, 2.05) is 24.3 Å². The molecule has 3 nitrogen and oxygen atoms in total. The van der Waals surface area contributed by atoms with Gasteiger partial charge in [-0.3, -0.25) is 4.79 Å². The van der Waals surface area contributed by atoms with Crippen molar-refractivity contribution in [3.05, 3.63) is 29.8 Å². The second-order valence-corrected chi connectivity index (χ2v) is 5.79. The van der Waals surface area contributed by atoms with Crippen LogP contribution in [0.1, 0.15) is 38.2 Å². The maximum absolute atomic E-state index is 11.0. The Morgan fingerprint density at radius 3 is 2.70 bits per heavy atom. The average Bonchev–Trinajstić information content (AvgIpc) is 2.42. The third kappa shape index (κ3) is 4.64. The molecule has 0 amide bonds. The number of hydrogen-bond acceptors (Lipinski definition) is 3. The highest BCUT2D eigenvalue weighted by molar-refractivity contribution is 5.78. The number of carbonyl (C=O) groups excluding carboxylic acids is 1. The second kappa shape index (κ2) is 7.44. The lowest BCUT2D eigenvalue weighted by Crippen LogP contribution is -2.37. The molecule has 1 aliphatic rings. The molecular formula is C17H25NO2. The van der Waals surface area contributed by atoms with Gasteiger partial charge < -0.3 is 9.64 Å². The topological polar surface area (TPSA) is 29.5 Å². The Morgan fingerprint density at radius 1 is 1.30 bits per heavy atom.